The van der Waals surface area contributed by atoms with Crippen LogP contribution >= 0.6 is 47.1 Å². The van der Waals surface area contributed by atoms with Crippen molar-refractivity contribution in [1.29, 1.82) is 0 Å². The maximum Gasteiger partial charge on any atom is 2.00 e. The molecule has 0 bridgehead atoms. The molecule has 0 aliphatic rings. The van der Waals surface area contributed by atoms with E-state index in [9.17, 15) is 14.4 Å². The molecule has 24 heteroatoms. The largest absolute Gasteiger partial charge is 2.00 e. The molecule has 0 saturated heterocycles. The number of carboxylic acid groups (broad SMARTS) is 2. The molecule has 0 atom stereocenters. The summed E-state index contributed by atoms with van der Waals surface area (Å²) in [5.74, 6) is -1.38. The van der Waals surface area contributed by atoms with E-state index in [2.05, 4.69) is 173 Å². The van der Waals surface area contributed by atoms with Crippen LogP contribution in [0.25, 0.3) is 92.1 Å². The number of aromatic nitrogens is 10. The van der Waals surface area contributed by atoms with Gasteiger partial charge in [-0.3, -0.25) is 59.4 Å². The van der Waals surface area contributed by atoms with Gasteiger partial charge in [0.15, 0.2) is 0 Å². The number of pyridine rings is 10. The SMILES string of the molecule is CCCCCCCCCCCC(=O)O.CCCCCCc1ccc(/C=C/c2ccnc(-c3cc(/C=C/c4ccc(CCCCCC)s4)ccn3)c2)s1.O=COc1ccnc(-c2cc(C(=O)O)ccn2)c1.[Co].[N-]=C=S.[N-]=C=S.[Ru+2].c1ccc(-c2ccccn2)nc1.c1ccc(-c2ccccn2)nc1.c1ccc(-c2ccccn2)nc1. The molecular weight excluding hydrogens is 1630 g/mol. The number of aliphatic carboxylic acids is 1. The smallest absolute Gasteiger partial charge is 0.753 e. The second-order valence-corrected chi connectivity index (χ2v) is 27.4. The van der Waals surface area contributed by atoms with E-state index in [1.165, 1.54) is 176 Å². The number of thiocarbonyl (C=S) groups is 2. The van der Waals surface area contributed by atoms with Gasteiger partial charge >= 0.3 is 31.4 Å². The molecule has 593 valence electrons. The third-order valence-corrected chi connectivity index (χ3v) is 18.3. The zero-order chi connectivity index (χ0) is 80.1. The Morgan fingerprint density at radius 1 is 0.386 bits per heavy atom. The minimum atomic E-state index is -1.04. The number of aromatic carboxylic acids is 1. The van der Waals surface area contributed by atoms with Crippen molar-refractivity contribution in [2.75, 3.05) is 0 Å². The van der Waals surface area contributed by atoms with Crippen LogP contribution < -0.4 is 4.74 Å². The quantitative estimate of drug-likeness (QED) is 0.0130. The number of nitrogens with zero attached hydrogens (tertiary/aromatic N) is 12. The normalized spacial score (nSPS) is 9.92. The van der Waals surface area contributed by atoms with Crippen LogP contribution in [0.2, 0.25) is 0 Å². The van der Waals surface area contributed by atoms with Crippen LogP contribution in [0.15, 0.2) is 244 Å². The van der Waals surface area contributed by atoms with Gasteiger partial charge in [-0.25, -0.2) is 4.79 Å². The molecule has 18 nitrogen and oxygen atoms in total. The first-order valence-electron chi connectivity index (χ1n) is 37.4. The number of rotatable bonds is 32. The van der Waals surface area contributed by atoms with Gasteiger partial charge in [0.2, 0.25) is 0 Å². The number of ether oxygens (including phenoxy) is 1. The van der Waals surface area contributed by atoms with E-state index in [1.54, 1.807) is 37.2 Å². The number of aryl methyl sites for hydroxylation is 2. The number of thiophene rings is 2. The average Bonchev–Trinajstić information content (AvgIpc) is 1.04. The van der Waals surface area contributed by atoms with Crippen molar-refractivity contribution in [3.05, 3.63) is 291 Å². The zero-order valence-corrected chi connectivity index (χ0v) is 70.4. The Morgan fingerprint density at radius 3 is 1.02 bits per heavy atom. The summed E-state index contributed by atoms with van der Waals surface area (Å²) in [6.45, 7) is 7.06. The molecule has 12 heterocycles. The molecule has 12 aromatic heterocycles. The summed E-state index contributed by atoms with van der Waals surface area (Å²) in [7, 11) is 0. The van der Waals surface area contributed by atoms with Crippen LogP contribution in [0.4, 0.5) is 0 Å². The first kappa shape index (κ1) is 97.7. The van der Waals surface area contributed by atoms with Crippen LogP contribution in [0.5, 0.6) is 5.75 Å². The van der Waals surface area contributed by atoms with E-state index >= 15 is 0 Å². The zero-order valence-electron chi connectivity index (χ0n) is 64.3. The van der Waals surface area contributed by atoms with E-state index in [0.717, 1.165) is 69.5 Å². The molecule has 2 N–H and O–H groups in total. The first-order chi connectivity index (χ1) is 54.9. The molecule has 12 aromatic rings. The molecule has 0 spiro atoms. The monoisotopic (exact) mass is 1730 g/mol. The Kier molecular flexibility index (Phi) is 54.0. The number of unbranched alkanes of at least 4 members (excludes halogenated alkanes) is 14. The summed E-state index contributed by atoms with van der Waals surface area (Å²) in [4.78, 5) is 79.2. The van der Waals surface area contributed by atoms with Crippen LogP contribution in [-0.2, 0) is 58.7 Å². The molecule has 0 fully saturated rings. The molecule has 12 rings (SSSR count). The van der Waals surface area contributed by atoms with Gasteiger partial charge in [-0.05, 0) is 195 Å². The van der Waals surface area contributed by atoms with Crippen molar-refractivity contribution < 1.29 is 65.6 Å². The van der Waals surface area contributed by atoms with E-state index in [0.29, 0.717) is 30.0 Å². The van der Waals surface area contributed by atoms with Crippen molar-refractivity contribution >= 4 is 100 Å². The van der Waals surface area contributed by atoms with Gasteiger partial charge in [0.05, 0.1) is 62.5 Å². The predicted molar refractivity (Wildman–Crippen MR) is 465 cm³/mol. The topological polar surface area (TPSA) is 274 Å². The van der Waals surface area contributed by atoms with Crippen molar-refractivity contribution in [2.24, 2.45) is 0 Å². The second-order valence-electron chi connectivity index (χ2n) is 24.6. The third-order valence-electron chi connectivity index (χ3n) is 16.1. The fourth-order valence-corrected chi connectivity index (χ4v) is 12.4. The molecule has 0 aliphatic heterocycles. The van der Waals surface area contributed by atoms with Gasteiger partial charge < -0.3 is 25.8 Å². The number of carboxylic acids is 2. The maximum absolute atomic E-state index is 10.8. The number of hydrogen-bond acceptors (Lipinski definition) is 18. The summed E-state index contributed by atoms with van der Waals surface area (Å²) in [5, 5.41) is 34.2. The Morgan fingerprint density at radius 2 is 0.693 bits per heavy atom. The minimum absolute atomic E-state index is 0. The Bertz CT molecular complexity index is 4280. The standard InChI is InChI=1S/C34H40N2S2.C12H8N2O4.C12H24O2.3C10H8N2.2CNS.Co.Ru/c1-3-5-7-9-11-29-17-19-31(37-29)15-13-27-21-23-35-33(25-27)34-26-28(22-24-36-34)14-16-32-20-18-30(38-32)12-10-8-6-4-2;15-7-18-9-2-4-14-11(6-9)10-5-8(12(16)17)1-3-13-10;1-2-3-4-5-6-7-8-9-10-11-12(13)14;3*1-3-7-11-9(5-1)10-6-2-4-8-12-10;2*2-1-3;;/h13-26H,3-12H2,1-2H3;1-7H,(H,16,17);2-11H2,1H3,(H,13,14);3*1-8H;;;;/q;;;;;;2*-1;;+2/b15-13+,16-14+;;;;;;;;;. The molecule has 0 unspecified atom stereocenters. The van der Waals surface area contributed by atoms with Crippen LogP contribution in [0.3, 0.4) is 0 Å². The molecule has 0 aliphatic carbocycles. The molecule has 114 heavy (non-hydrogen) atoms. The maximum atomic E-state index is 10.8. The average molecular weight is 1730 g/mol. The molecule has 0 saturated carbocycles. The molecular formula is C90H96CoN12O6RuS4. The van der Waals surface area contributed by atoms with Gasteiger partial charge in [-0.15, -0.1) is 22.7 Å². The second kappa shape index (κ2) is 63.0. The van der Waals surface area contributed by atoms with Crippen molar-refractivity contribution in [1.82, 2.24) is 49.8 Å². The van der Waals surface area contributed by atoms with E-state index < -0.39 is 11.9 Å². The molecule has 0 amide bonds. The van der Waals surface area contributed by atoms with E-state index in [4.69, 9.17) is 21.0 Å². The molecule has 1 radical (unpaired) electrons. The Balaban J connectivity index is 0.000000373. The summed E-state index contributed by atoms with van der Waals surface area (Å²) < 4.78 is 4.68. The fraction of sp³-hybridized carbons (Fsp3) is 0.256. The summed E-state index contributed by atoms with van der Waals surface area (Å²) in [5.41, 5.74) is 10.5. The van der Waals surface area contributed by atoms with Crippen LogP contribution in [0, 0.1) is 0 Å². The van der Waals surface area contributed by atoms with Gasteiger partial charge in [-0.1, -0.05) is 184 Å². The van der Waals surface area contributed by atoms with Crippen molar-refractivity contribution in [3.8, 4) is 62.7 Å². The van der Waals surface area contributed by atoms with Crippen molar-refractivity contribution in [3.63, 3.8) is 0 Å². The third kappa shape index (κ3) is 42.4. The summed E-state index contributed by atoms with van der Waals surface area (Å²) in [6.07, 6.45) is 50.3. The first-order valence-corrected chi connectivity index (χ1v) is 39.8. The summed E-state index contributed by atoms with van der Waals surface area (Å²) >= 11 is 11.2. The number of carbonyl (C=O) groups excluding carboxylic acids is 1. The summed E-state index contributed by atoms with van der Waals surface area (Å²) in [6, 6.07) is 58.0. The molecule has 0 aromatic carbocycles. The Hall–Kier alpha value is -10.5. The fourth-order valence-electron chi connectivity index (χ4n) is 10.5. The number of carbonyl (C=O) groups is 3. The van der Waals surface area contributed by atoms with Gasteiger partial charge in [0.25, 0.3) is 6.47 Å². The minimum Gasteiger partial charge on any atom is -0.753 e. The number of hydrogen-bond donors (Lipinski definition) is 2. The van der Waals surface area contributed by atoms with Crippen LogP contribution in [-0.4, -0.2) is 88.8 Å². The van der Waals surface area contributed by atoms with E-state index in [1.807, 2.05) is 144 Å². The number of isothiocyanates is 2. The van der Waals surface area contributed by atoms with Crippen LogP contribution in [0.1, 0.15) is 177 Å². The van der Waals surface area contributed by atoms with Gasteiger partial charge in [-0.2, -0.15) is 10.3 Å². The van der Waals surface area contributed by atoms with Crippen molar-refractivity contribution in [2.45, 2.75) is 149 Å². The predicted octanol–water partition coefficient (Wildman–Crippen LogP) is 24.0. The van der Waals surface area contributed by atoms with Gasteiger partial charge in [0.1, 0.15) is 5.75 Å². The Labute approximate surface area is 712 Å². The van der Waals surface area contributed by atoms with Gasteiger partial charge in [0, 0.05) is 111 Å². The van der Waals surface area contributed by atoms with E-state index in [-0.39, 0.29) is 41.8 Å².